The third-order valence-corrected chi connectivity index (χ3v) is 2.42. The summed E-state index contributed by atoms with van der Waals surface area (Å²) < 4.78 is 2.83. The molecular formula is C8H7IN4. The van der Waals surface area contributed by atoms with Crippen LogP contribution in [0, 0.1) is 3.70 Å². The van der Waals surface area contributed by atoms with Gasteiger partial charge in [-0.05, 0) is 29.5 Å². The van der Waals surface area contributed by atoms with Crippen molar-refractivity contribution in [2.24, 2.45) is 0 Å². The lowest BCUT2D eigenvalue weighted by Gasteiger charge is -1.95. The number of allylic oxidation sites excluding steroid dienone is 1. The van der Waals surface area contributed by atoms with Crippen LogP contribution in [-0.4, -0.2) is 19.5 Å². The molecule has 0 unspecified atom stereocenters. The molecule has 0 amide bonds. The van der Waals surface area contributed by atoms with Gasteiger partial charge in [0.2, 0.25) is 0 Å². The summed E-state index contributed by atoms with van der Waals surface area (Å²) in [6, 6.07) is 0. The Balaban J connectivity index is 2.78. The van der Waals surface area contributed by atoms with E-state index in [-0.39, 0.29) is 0 Å². The van der Waals surface area contributed by atoms with E-state index in [1.165, 1.54) is 6.33 Å². The Morgan fingerprint density at radius 2 is 2.23 bits per heavy atom. The summed E-state index contributed by atoms with van der Waals surface area (Å²) in [7, 11) is 0. The predicted octanol–water partition coefficient (Wildman–Crippen LogP) is 1.92. The fraction of sp³-hybridized carbons (Fsp3) is 0.125. The Kier molecular flexibility index (Phi) is 2.26. The first kappa shape index (κ1) is 8.61. The van der Waals surface area contributed by atoms with Crippen LogP contribution in [0.5, 0.6) is 0 Å². The Hall–Kier alpha value is -0.980. The summed E-state index contributed by atoms with van der Waals surface area (Å²) in [6.45, 7) is 1.96. The van der Waals surface area contributed by atoms with Gasteiger partial charge in [0, 0.05) is 6.20 Å². The van der Waals surface area contributed by atoms with Gasteiger partial charge in [0.05, 0.1) is 0 Å². The lowest BCUT2D eigenvalue weighted by Crippen LogP contribution is -1.90. The molecule has 2 rings (SSSR count). The highest BCUT2D eigenvalue weighted by Crippen LogP contribution is 2.15. The van der Waals surface area contributed by atoms with Crippen LogP contribution in [0.15, 0.2) is 18.7 Å². The Bertz CT molecular complexity index is 460. The van der Waals surface area contributed by atoms with Crippen LogP contribution in [-0.2, 0) is 0 Å². The van der Waals surface area contributed by atoms with Gasteiger partial charge in [0.25, 0.3) is 0 Å². The molecule has 0 saturated carbocycles. The molecule has 2 aromatic rings. The van der Waals surface area contributed by atoms with Crippen molar-refractivity contribution >= 4 is 40.0 Å². The van der Waals surface area contributed by atoms with Gasteiger partial charge in [-0.1, -0.05) is 6.08 Å². The zero-order valence-corrected chi connectivity index (χ0v) is 9.13. The molecule has 66 valence electrons. The maximum Gasteiger partial charge on any atom is 0.182 e. The highest BCUT2D eigenvalue weighted by atomic mass is 127. The van der Waals surface area contributed by atoms with Crippen molar-refractivity contribution in [2.45, 2.75) is 6.92 Å². The van der Waals surface area contributed by atoms with Gasteiger partial charge in [0.1, 0.15) is 21.9 Å². The van der Waals surface area contributed by atoms with Crippen LogP contribution in [0.4, 0.5) is 0 Å². The molecule has 2 heterocycles. The fourth-order valence-electron chi connectivity index (χ4n) is 1.11. The van der Waals surface area contributed by atoms with E-state index in [9.17, 15) is 0 Å². The largest absolute Gasteiger partial charge is 0.302 e. The van der Waals surface area contributed by atoms with Crippen LogP contribution in [0.3, 0.4) is 0 Å². The van der Waals surface area contributed by atoms with E-state index in [1.807, 2.05) is 23.8 Å². The first-order valence-corrected chi connectivity index (χ1v) is 4.86. The zero-order chi connectivity index (χ0) is 9.26. The molecule has 0 radical (unpaired) electrons. The molecule has 0 aliphatic carbocycles. The van der Waals surface area contributed by atoms with Gasteiger partial charge in [-0.2, -0.15) is 0 Å². The Morgan fingerprint density at radius 1 is 1.38 bits per heavy atom. The van der Waals surface area contributed by atoms with Crippen molar-refractivity contribution in [2.75, 3.05) is 0 Å². The van der Waals surface area contributed by atoms with Crippen LogP contribution < -0.4 is 0 Å². The van der Waals surface area contributed by atoms with Crippen molar-refractivity contribution < 1.29 is 0 Å². The van der Waals surface area contributed by atoms with Gasteiger partial charge < -0.3 is 4.57 Å². The lowest BCUT2D eigenvalue weighted by molar-refractivity contribution is 1.14. The molecule has 2 aromatic heterocycles. The molecule has 0 fully saturated rings. The van der Waals surface area contributed by atoms with Crippen LogP contribution in [0.2, 0.25) is 0 Å². The van der Waals surface area contributed by atoms with E-state index in [1.54, 1.807) is 6.33 Å². The standard InChI is InChI=1S/C8H7IN4/c1-2-3-13-5-12-8-6(13)7(9)10-4-11-8/h2-5H,1H3/b3-2+. The number of fused-ring (bicyclic) bond motifs is 1. The number of rotatable bonds is 1. The maximum atomic E-state index is 4.15. The van der Waals surface area contributed by atoms with E-state index in [0.717, 1.165) is 14.9 Å². The van der Waals surface area contributed by atoms with E-state index in [4.69, 9.17) is 0 Å². The van der Waals surface area contributed by atoms with Gasteiger partial charge >= 0.3 is 0 Å². The highest BCUT2D eigenvalue weighted by molar-refractivity contribution is 14.1. The summed E-state index contributed by atoms with van der Waals surface area (Å²) >= 11 is 2.17. The summed E-state index contributed by atoms with van der Waals surface area (Å²) in [5, 5.41) is 0. The van der Waals surface area contributed by atoms with Crippen molar-refractivity contribution in [3.63, 3.8) is 0 Å². The molecular weight excluding hydrogens is 279 g/mol. The SMILES string of the molecule is C/C=C/n1cnc2ncnc(I)c21. The lowest BCUT2D eigenvalue weighted by atomic mass is 10.5. The number of imidazole rings is 1. The molecule has 0 spiro atoms. The van der Waals surface area contributed by atoms with Gasteiger partial charge in [-0.15, -0.1) is 0 Å². The second-order valence-corrected chi connectivity index (χ2v) is 3.49. The van der Waals surface area contributed by atoms with E-state index in [2.05, 4.69) is 37.5 Å². The minimum atomic E-state index is 0.734. The van der Waals surface area contributed by atoms with Gasteiger partial charge in [0.15, 0.2) is 5.65 Å². The Labute approximate surface area is 88.9 Å². The van der Waals surface area contributed by atoms with Gasteiger partial charge in [-0.3, -0.25) is 0 Å². The zero-order valence-electron chi connectivity index (χ0n) is 6.98. The first-order valence-electron chi connectivity index (χ1n) is 3.79. The van der Waals surface area contributed by atoms with Crippen LogP contribution in [0.1, 0.15) is 6.92 Å². The minimum absolute atomic E-state index is 0.734. The number of hydrogen-bond acceptors (Lipinski definition) is 3. The monoisotopic (exact) mass is 286 g/mol. The minimum Gasteiger partial charge on any atom is -0.302 e. The summed E-state index contributed by atoms with van der Waals surface area (Å²) in [5.41, 5.74) is 1.69. The second kappa shape index (κ2) is 3.41. The smallest absolute Gasteiger partial charge is 0.182 e. The highest BCUT2D eigenvalue weighted by Gasteiger charge is 2.05. The number of halogens is 1. The van der Waals surface area contributed by atoms with E-state index >= 15 is 0 Å². The summed E-state index contributed by atoms with van der Waals surface area (Å²) in [4.78, 5) is 12.3. The quantitative estimate of drug-likeness (QED) is 0.594. The molecule has 0 aliphatic rings. The molecule has 13 heavy (non-hydrogen) atoms. The van der Waals surface area contributed by atoms with Crippen LogP contribution >= 0.6 is 22.6 Å². The first-order chi connectivity index (χ1) is 6.33. The third-order valence-electron chi connectivity index (χ3n) is 1.63. The van der Waals surface area contributed by atoms with Crippen molar-refractivity contribution in [1.82, 2.24) is 19.5 Å². The average Bonchev–Trinajstić information content (AvgIpc) is 2.51. The number of hydrogen-bond donors (Lipinski definition) is 0. The van der Waals surface area contributed by atoms with E-state index < -0.39 is 0 Å². The van der Waals surface area contributed by atoms with E-state index in [0.29, 0.717) is 0 Å². The number of aromatic nitrogens is 4. The molecule has 4 nitrogen and oxygen atoms in total. The topological polar surface area (TPSA) is 43.6 Å². The average molecular weight is 286 g/mol. The van der Waals surface area contributed by atoms with Crippen molar-refractivity contribution in [3.05, 3.63) is 22.4 Å². The number of nitrogens with zero attached hydrogens (tertiary/aromatic N) is 4. The van der Waals surface area contributed by atoms with Gasteiger partial charge in [-0.25, -0.2) is 15.0 Å². The summed E-state index contributed by atoms with van der Waals surface area (Å²) in [5.74, 6) is 0. The molecule has 0 atom stereocenters. The molecule has 0 aliphatic heterocycles. The molecule has 0 saturated heterocycles. The van der Waals surface area contributed by atoms with Crippen molar-refractivity contribution in [3.8, 4) is 0 Å². The van der Waals surface area contributed by atoms with Crippen LogP contribution in [0.25, 0.3) is 17.4 Å². The normalized spacial score (nSPS) is 11.5. The fourth-order valence-corrected chi connectivity index (χ4v) is 1.76. The molecule has 5 heteroatoms. The molecule has 0 N–H and O–H groups in total. The third kappa shape index (κ3) is 1.43. The van der Waals surface area contributed by atoms with Crippen molar-refractivity contribution in [1.29, 1.82) is 0 Å². The predicted molar refractivity (Wildman–Crippen MR) is 59.0 cm³/mol. The summed E-state index contributed by atoms with van der Waals surface area (Å²) in [6.07, 6.45) is 7.14. The Morgan fingerprint density at radius 3 is 3.00 bits per heavy atom. The maximum absolute atomic E-state index is 4.15. The second-order valence-electron chi connectivity index (χ2n) is 2.47. The molecule has 0 bridgehead atoms. The molecule has 0 aromatic carbocycles.